The second kappa shape index (κ2) is 15.9. The van der Waals surface area contributed by atoms with Gasteiger partial charge < -0.3 is 21.3 Å². The molecule has 3 rings (SSSR count). The van der Waals surface area contributed by atoms with E-state index in [4.69, 9.17) is 11.6 Å². The van der Waals surface area contributed by atoms with Crippen LogP contribution in [0.2, 0.25) is 5.02 Å². The molecule has 0 radical (unpaired) electrons. The molecular formula is C30H42ClN7O2. The van der Waals surface area contributed by atoms with Gasteiger partial charge in [0.05, 0.1) is 33.9 Å². The van der Waals surface area contributed by atoms with E-state index in [-0.39, 0.29) is 17.9 Å². The van der Waals surface area contributed by atoms with Gasteiger partial charge in [-0.15, -0.1) is 0 Å². The minimum Gasteiger partial charge on any atom is -0.356 e. The molecule has 0 saturated heterocycles. The Balaban J connectivity index is 1.51. The normalized spacial score (nSPS) is 10.9. The molecule has 2 amide bonds. The van der Waals surface area contributed by atoms with Crippen molar-refractivity contribution >= 4 is 46.4 Å². The van der Waals surface area contributed by atoms with Crippen LogP contribution < -0.4 is 21.3 Å². The van der Waals surface area contributed by atoms with Crippen LogP contribution in [0.1, 0.15) is 87.8 Å². The zero-order valence-electron chi connectivity index (χ0n) is 24.0. The van der Waals surface area contributed by atoms with Crippen molar-refractivity contribution in [3.63, 3.8) is 0 Å². The number of anilines is 4. The molecule has 0 bridgehead atoms. The summed E-state index contributed by atoms with van der Waals surface area (Å²) in [6.07, 6.45) is 8.45. The van der Waals surface area contributed by atoms with Crippen molar-refractivity contribution in [1.29, 1.82) is 0 Å². The first-order chi connectivity index (χ1) is 19.3. The van der Waals surface area contributed by atoms with E-state index in [1.165, 1.54) is 0 Å². The van der Waals surface area contributed by atoms with Gasteiger partial charge in [0.25, 0.3) is 5.91 Å². The molecule has 40 heavy (non-hydrogen) atoms. The Bertz CT molecular complexity index is 1260. The predicted molar refractivity (Wildman–Crippen MR) is 163 cm³/mol. The molecule has 0 aliphatic heterocycles. The fourth-order valence-corrected chi connectivity index (χ4v) is 4.43. The molecule has 0 atom stereocenters. The number of unbranched alkanes of at least 4 members (excludes halogenated alkanes) is 5. The number of para-hydroxylation sites is 1. The van der Waals surface area contributed by atoms with Crippen LogP contribution in [-0.4, -0.2) is 39.7 Å². The predicted octanol–water partition coefficient (Wildman–Crippen LogP) is 6.90. The molecule has 3 aromatic rings. The number of nitrogens with one attached hydrogen (secondary N) is 4. The van der Waals surface area contributed by atoms with Crippen LogP contribution in [0.25, 0.3) is 0 Å². The molecule has 9 nitrogen and oxygen atoms in total. The van der Waals surface area contributed by atoms with Crippen molar-refractivity contribution in [2.24, 2.45) is 0 Å². The lowest BCUT2D eigenvalue weighted by Crippen LogP contribution is -2.25. The third-order valence-corrected chi connectivity index (χ3v) is 6.73. The number of amides is 2. The first-order valence-corrected chi connectivity index (χ1v) is 14.6. The van der Waals surface area contributed by atoms with E-state index >= 15 is 0 Å². The van der Waals surface area contributed by atoms with Crippen LogP contribution in [0.15, 0.2) is 42.6 Å². The average molecular weight is 568 g/mol. The first kappa shape index (κ1) is 30.9. The maximum atomic E-state index is 13.0. The van der Waals surface area contributed by atoms with Crippen molar-refractivity contribution in [3.05, 3.63) is 58.9 Å². The maximum Gasteiger partial charge on any atom is 0.253 e. The van der Waals surface area contributed by atoms with Crippen molar-refractivity contribution in [3.8, 4) is 0 Å². The fourth-order valence-electron chi connectivity index (χ4n) is 4.28. The van der Waals surface area contributed by atoms with Gasteiger partial charge in [-0.3, -0.25) is 9.59 Å². The molecule has 0 saturated carbocycles. The third-order valence-electron chi connectivity index (χ3n) is 6.43. The third kappa shape index (κ3) is 9.55. The largest absolute Gasteiger partial charge is 0.356 e. The van der Waals surface area contributed by atoms with Crippen molar-refractivity contribution in [2.45, 2.75) is 78.7 Å². The topological polar surface area (TPSA) is 113 Å². The van der Waals surface area contributed by atoms with Crippen molar-refractivity contribution < 1.29 is 9.59 Å². The molecule has 0 aliphatic rings. The summed E-state index contributed by atoms with van der Waals surface area (Å²) in [7, 11) is 0. The second-order valence-electron chi connectivity index (χ2n) is 10.1. The number of nitrogens with zero attached hydrogens (tertiary/aromatic N) is 3. The van der Waals surface area contributed by atoms with Gasteiger partial charge in [0.1, 0.15) is 11.6 Å². The molecule has 216 valence electrons. The summed E-state index contributed by atoms with van der Waals surface area (Å²) >= 11 is 6.47. The number of carbonyl (C=O) groups is 2. The SMILES string of the molecule is CCC(=O)NCCCCCCCCNC(=O)c1ccccc1Nc1cc(Nc2cc(C)nn2C(C)C)ncc1Cl. The van der Waals surface area contributed by atoms with Crippen molar-refractivity contribution in [2.75, 3.05) is 23.7 Å². The summed E-state index contributed by atoms with van der Waals surface area (Å²) in [5.41, 5.74) is 2.77. The molecule has 10 heteroatoms. The molecule has 4 N–H and O–H groups in total. The molecular weight excluding hydrogens is 526 g/mol. The summed E-state index contributed by atoms with van der Waals surface area (Å²) in [6, 6.07) is 11.4. The van der Waals surface area contributed by atoms with E-state index in [2.05, 4.69) is 45.2 Å². The minimum atomic E-state index is -0.130. The number of aryl methyl sites for hydroxylation is 1. The zero-order valence-corrected chi connectivity index (χ0v) is 24.8. The Kier molecular flexibility index (Phi) is 12.3. The number of halogens is 1. The van der Waals surface area contributed by atoms with Crippen LogP contribution in [0.4, 0.5) is 23.0 Å². The number of benzene rings is 1. The quantitative estimate of drug-likeness (QED) is 0.140. The van der Waals surface area contributed by atoms with Crippen LogP contribution in [0.5, 0.6) is 0 Å². The molecule has 0 aliphatic carbocycles. The van der Waals surface area contributed by atoms with Gasteiger partial charge in [0.2, 0.25) is 5.91 Å². The Morgan fingerprint density at radius 1 is 0.925 bits per heavy atom. The number of rotatable bonds is 16. The Morgan fingerprint density at radius 2 is 1.60 bits per heavy atom. The second-order valence-corrected chi connectivity index (χ2v) is 10.5. The van der Waals surface area contributed by atoms with Gasteiger partial charge in [-0.05, 0) is 45.7 Å². The van der Waals surface area contributed by atoms with Gasteiger partial charge >= 0.3 is 0 Å². The highest BCUT2D eigenvalue weighted by atomic mass is 35.5. The first-order valence-electron chi connectivity index (χ1n) is 14.2. The number of carbonyl (C=O) groups excluding carboxylic acids is 2. The lowest BCUT2D eigenvalue weighted by molar-refractivity contribution is -0.120. The molecule has 2 aromatic heterocycles. The zero-order chi connectivity index (χ0) is 28.9. The number of aromatic nitrogens is 3. The van der Waals surface area contributed by atoms with E-state index < -0.39 is 0 Å². The summed E-state index contributed by atoms with van der Waals surface area (Å²) in [5, 5.41) is 17.6. The molecule has 2 heterocycles. The van der Waals surface area contributed by atoms with E-state index in [1.54, 1.807) is 12.3 Å². The average Bonchev–Trinajstić information content (AvgIpc) is 3.31. The highest BCUT2D eigenvalue weighted by Gasteiger charge is 2.14. The van der Waals surface area contributed by atoms with Crippen LogP contribution in [0, 0.1) is 6.92 Å². The minimum absolute atomic E-state index is 0.110. The van der Waals surface area contributed by atoms with Gasteiger partial charge in [-0.1, -0.05) is 56.3 Å². The summed E-state index contributed by atoms with van der Waals surface area (Å²) in [6.45, 7) is 9.32. The van der Waals surface area contributed by atoms with E-state index in [0.29, 0.717) is 40.7 Å². The monoisotopic (exact) mass is 567 g/mol. The molecule has 0 fully saturated rings. The number of hydrogen-bond donors (Lipinski definition) is 4. The van der Waals surface area contributed by atoms with Gasteiger partial charge in [0, 0.05) is 37.7 Å². The van der Waals surface area contributed by atoms with Crippen LogP contribution in [-0.2, 0) is 4.79 Å². The van der Waals surface area contributed by atoms with E-state index in [0.717, 1.165) is 56.6 Å². The Morgan fingerprint density at radius 3 is 2.30 bits per heavy atom. The van der Waals surface area contributed by atoms with Gasteiger partial charge in [-0.25, -0.2) is 9.67 Å². The molecule has 1 aromatic carbocycles. The van der Waals surface area contributed by atoms with Gasteiger partial charge in [-0.2, -0.15) is 5.10 Å². The summed E-state index contributed by atoms with van der Waals surface area (Å²) in [5.74, 6) is 1.43. The van der Waals surface area contributed by atoms with Crippen LogP contribution >= 0.6 is 11.6 Å². The molecule has 0 unspecified atom stereocenters. The number of hydrogen-bond acceptors (Lipinski definition) is 6. The lowest BCUT2D eigenvalue weighted by Gasteiger charge is -2.15. The summed E-state index contributed by atoms with van der Waals surface area (Å²) in [4.78, 5) is 28.7. The van der Waals surface area contributed by atoms with E-state index in [9.17, 15) is 9.59 Å². The maximum absolute atomic E-state index is 13.0. The van der Waals surface area contributed by atoms with Crippen LogP contribution in [0.3, 0.4) is 0 Å². The lowest BCUT2D eigenvalue weighted by atomic mass is 10.1. The Hall–Kier alpha value is -3.59. The standard InChI is InChI=1S/C30H42ClN7O2/c1-5-29(39)32-16-12-8-6-7-9-13-17-33-30(40)23-14-10-11-15-25(23)35-26-19-27(34-20-24(26)31)36-28-18-22(4)37-38(28)21(2)3/h10-11,14-15,18-21H,5-9,12-13,16-17H2,1-4H3,(H,32,39)(H,33,40)(H2,34,35,36). The smallest absolute Gasteiger partial charge is 0.253 e. The number of pyridine rings is 1. The molecule has 0 spiro atoms. The fraction of sp³-hybridized carbons (Fsp3) is 0.467. The highest BCUT2D eigenvalue weighted by Crippen LogP contribution is 2.30. The highest BCUT2D eigenvalue weighted by molar-refractivity contribution is 6.33. The van der Waals surface area contributed by atoms with E-state index in [1.807, 2.05) is 48.9 Å². The summed E-state index contributed by atoms with van der Waals surface area (Å²) < 4.78 is 1.91. The van der Waals surface area contributed by atoms with Gasteiger partial charge in [0.15, 0.2) is 0 Å². The van der Waals surface area contributed by atoms with Crippen molar-refractivity contribution in [1.82, 2.24) is 25.4 Å². The Labute approximate surface area is 242 Å².